The van der Waals surface area contributed by atoms with Crippen molar-refractivity contribution in [2.45, 2.75) is 20.8 Å². The third-order valence-electron chi connectivity index (χ3n) is 5.05. The van der Waals surface area contributed by atoms with Crippen molar-refractivity contribution < 1.29 is 23.8 Å². The number of carbonyl (C=O) groups is 2. The average Bonchev–Trinajstić information content (AvgIpc) is 3.09. The molecule has 1 aromatic heterocycles. The first-order valence-corrected chi connectivity index (χ1v) is 10.8. The fourth-order valence-corrected chi connectivity index (χ4v) is 3.62. The lowest BCUT2D eigenvalue weighted by atomic mass is 10.2. The van der Waals surface area contributed by atoms with Crippen molar-refractivity contribution >= 4 is 35.2 Å². The largest absolute Gasteiger partial charge is 0.493 e. The summed E-state index contributed by atoms with van der Waals surface area (Å²) in [5, 5.41) is 7.62. The number of aromatic nitrogens is 2. The Kier molecular flexibility index (Phi) is 7.96. The molecule has 3 rings (SSSR count). The molecular weight excluding hydrogens is 458 g/mol. The maximum atomic E-state index is 12.4. The third-order valence-corrected chi connectivity index (χ3v) is 5.33. The molecule has 0 atom stereocenters. The molecule has 178 valence electrons. The molecule has 0 saturated carbocycles. The van der Waals surface area contributed by atoms with Gasteiger partial charge >= 0.3 is 5.97 Å². The first-order valence-electron chi connectivity index (χ1n) is 10.4. The van der Waals surface area contributed by atoms with E-state index in [9.17, 15) is 9.59 Å². The van der Waals surface area contributed by atoms with Gasteiger partial charge in [-0.05, 0) is 56.7 Å². The maximum absolute atomic E-state index is 12.4. The second kappa shape index (κ2) is 10.9. The Bertz CT molecular complexity index is 1230. The fraction of sp³-hybridized carbons (Fsp3) is 0.240. The van der Waals surface area contributed by atoms with Crippen LogP contribution in [0.2, 0.25) is 5.02 Å². The number of halogens is 1. The molecule has 9 heteroatoms. The van der Waals surface area contributed by atoms with Gasteiger partial charge in [0.1, 0.15) is 0 Å². The second-order valence-electron chi connectivity index (χ2n) is 7.52. The number of benzene rings is 2. The summed E-state index contributed by atoms with van der Waals surface area (Å²) >= 11 is 6.17. The van der Waals surface area contributed by atoms with E-state index in [1.54, 1.807) is 23.7 Å². The van der Waals surface area contributed by atoms with Gasteiger partial charge in [-0.3, -0.25) is 4.79 Å². The minimum atomic E-state index is -0.676. The van der Waals surface area contributed by atoms with E-state index in [1.807, 2.05) is 38.1 Å². The molecule has 0 unspecified atom stereocenters. The lowest BCUT2D eigenvalue weighted by Crippen LogP contribution is -2.20. The van der Waals surface area contributed by atoms with Crippen molar-refractivity contribution in [1.82, 2.24) is 9.78 Å². The number of nitrogens with zero attached hydrogens (tertiary/aromatic N) is 2. The molecule has 0 aliphatic rings. The number of methoxy groups -OCH3 is 2. The lowest BCUT2D eigenvalue weighted by Gasteiger charge is -2.10. The standard InChI is InChI=1S/C25H26ClN3O5/c1-15-6-9-19(10-7-15)29-17(3)24(16(2)28-29)27-22(30)14-34-23(31)11-8-18-12-20(26)25(33-5)21(13-18)32-4/h6-13H,14H2,1-5H3,(H,27,30)/b11-8-. The van der Waals surface area contributed by atoms with Crippen LogP contribution in [0.15, 0.2) is 42.5 Å². The summed E-state index contributed by atoms with van der Waals surface area (Å²) in [6.45, 7) is 5.23. The first-order chi connectivity index (χ1) is 16.2. The number of hydrogen-bond donors (Lipinski definition) is 1. The van der Waals surface area contributed by atoms with Gasteiger partial charge in [0.05, 0.1) is 42.0 Å². The van der Waals surface area contributed by atoms with Gasteiger partial charge in [-0.1, -0.05) is 29.3 Å². The number of amides is 1. The smallest absolute Gasteiger partial charge is 0.331 e. The van der Waals surface area contributed by atoms with Crippen LogP contribution in [0.25, 0.3) is 11.8 Å². The molecule has 0 aliphatic heterocycles. The molecule has 3 aromatic rings. The van der Waals surface area contributed by atoms with E-state index in [2.05, 4.69) is 10.4 Å². The highest BCUT2D eigenvalue weighted by Crippen LogP contribution is 2.36. The zero-order valence-electron chi connectivity index (χ0n) is 19.6. The molecule has 0 bridgehead atoms. The number of ether oxygens (including phenoxy) is 3. The Morgan fingerprint density at radius 3 is 2.44 bits per heavy atom. The van der Waals surface area contributed by atoms with Crippen molar-refractivity contribution in [3.63, 3.8) is 0 Å². The molecule has 0 saturated heterocycles. The molecule has 1 heterocycles. The van der Waals surface area contributed by atoms with Crippen molar-refractivity contribution in [2.75, 3.05) is 26.1 Å². The SMILES string of the molecule is COc1cc(/C=C\C(=O)OCC(=O)Nc2c(C)nn(-c3ccc(C)cc3)c2C)cc(Cl)c1OC. The average molecular weight is 484 g/mol. The van der Waals surface area contributed by atoms with Crippen LogP contribution in [-0.4, -0.2) is 42.5 Å². The number of anilines is 1. The van der Waals surface area contributed by atoms with Crippen molar-refractivity contribution in [3.05, 3.63) is 70.0 Å². The van der Waals surface area contributed by atoms with Crippen LogP contribution in [-0.2, 0) is 14.3 Å². The van der Waals surface area contributed by atoms with Gasteiger partial charge in [-0.15, -0.1) is 0 Å². The van der Waals surface area contributed by atoms with Crippen molar-refractivity contribution in [3.8, 4) is 17.2 Å². The van der Waals surface area contributed by atoms with Crippen LogP contribution in [0.4, 0.5) is 5.69 Å². The van der Waals surface area contributed by atoms with E-state index >= 15 is 0 Å². The maximum Gasteiger partial charge on any atom is 0.331 e. The third kappa shape index (κ3) is 5.77. The van der Waals surface area contributed by atoms with Crippen LogP contribution < -0.4 is 14.8 Å². The summed E-state index contributed by atoms with van der Waals surface area (Å²) in [4.78, 5) is 24.5. The lowest BCUT2D eigenvalue weighted by molar-refractivity contribution is -0.142. The van der Waals surface area contributed by atoms with E-state index in [0.29, 0.717) is 33.5 Å². The molecular formula is C25H26ClN3O5. The van der Waals surface area contributed by atoms with Gasteiger partial charge < -0.3 is 19.5 Å². The number of esters is 1. The van der Waals surface area contributed by atoms with Crippen molar-refractivity contribution in [1.29, 1.82) is 0 Å². The molecule has 1 amide bonds. The van der Waals surface area contributed by atoms with E-state index in [1.165, 1.54) is 26.4 Å². The molecule has 0 aliphatic carbocycles. The number of nitrogens with one attached hydrogen (secondary N) is 1. The topological polar surface area (TPSA) is 91.7 Å². The minimum Gasteiger partial charge on any atom is -0.493 e. The fourth-order valence-electron chi connectivity index (χ4n) is 3.32. The summed E-state index contributed by atoms with van der Waals surface area (Å²) in [5.41, 5.74) is 4.65. The van der Waals surface area contributed by atoms with Gasteiger partial charge in [0.25, 0.3) is 5.91 Å². The zero-order valence-corrected chi connectivity index (χ0v) is 20.4. The van der Waals surface area contributed by atoms with Gasteiger partial charge in [-0.2, -0.15) is 5.10 Å². The number of rotatable bonds is 8. The molecule has 1 N–H and O–H groups in total. The molecule has 34 heavy (non-hydrogen) atoms. The highest BCUT2D eigenvalue weighted by molar-refractivity contribution is 6.32. The zero-order chi connectivity index (χ0) is 24.8. The van der Waals surface area contributed by atoms with Crippen LogP contribution in [0.5, 0.6) is 11.5 Å². The predicted molar refractivity (Wildman–Crippen MR) is 131 cm³/mol. The molecule has 0 spiro atoms. The van der Waals surface area contributed by atoms with Crippen LogP contribution in [0.1, 0.15) is 22.5 Å². The molecule has 0 fully saturated rings. The van der Waals surface area contributed by atoms with Crippen molar-refractivity contribution in [2.24, 2.45) is 0 Å². The van der Waals surface area contributed by atoms with E-state index in [4.69, 9.17) is 25.8 Å². The Labute approximate surface area is 203 Å². The number of aryl methyl sites for hydroxylation is 2. The molecule has 8 nitrogen and oxygen atoms in total. The normalized spacial score (nSPS) is 10.9. The summed E-state index contributed by atoms with van der Waals surface area (Å²) in [6.07, 6.45) is 2.71. The molecule has 0 radical (unpaired) electrons. The summed E-state index contributed by atoms with van der Waals surface area (Å²) < 4.78 is 17.2. The monoisotopic (exact) mass is 483 g/mol. The Morgan fingerprint density at radius 1 is 1.09 bits per heavy atom. The van der Waals surface area contributed by atoms with Gasteiger partial charge in [0.15, 0.2) is 18.1 Å². The predicted octanol–water partition coefficient (Wildman–Crippen LogP) is 4.66. The highest BCUT2D eigenvalue weighted by Gasteiger charge is 2.16. The van der Waals surface area contributed by atoms with Crippen LogP contribution in [0, 0.1) is 20.8 Å². The summed E-state index contributed by atoms with van der Waals surface area (Å²) in [5.74, 6) is -0.313. The Morgan fingerprint density at radius 2 is 1.79 bits per heavy atom. The van der Waals surface area contributed by atoms with Crippen LogP contribution >= 0.6 is 11.6 Å². The van der Waals surface area contributed by atoms with Gasteiger partial charge in [0, 0.05) is 6.08 Å². The van der Waals surface area contributed by atoms with E-state index < -0.39 is 18.5 Å². The minimum absolute atomic E-state index is 0.339. The van der Waals surface area contributed by atoms with E-state index in [-0.39, 0.29) is 0 Å². The summed E-state index contributed by atoms with van der Waals surface area (Å²) in [6, 6.07) is 11.2. The Hall–Kier alpha value is -3.78. The van der Waals surface area contributed by atoms with Crippen LogP contribution in [0.3, 0.4) is 0 Å². The quantitative estimate of drug-likeness (QED) is 0.370. The van der Waals surface area contributed by atoms with Gasteiger partial charge in [0.2, 0.25) is 0 Å². The Balaban J connectivity index is 1.61. The molecule has 2 aromatic carbocycles. The first kappa shape index (κ1) is 24.9. The van der Waals surface area contributed by atoms with Gasteiger partial charge in [-0.25, -0.2) is 9.48 Å². The highest BCUT2D eigenvalue weighted by atomic mass is 35.5. The second-order valence-corrected chi connectivity index (χ2v) is 7.93. The van der Waals surface area contributed by atoms with E-state index in [0.717, 1.165) is 16.9 Å². The summed E-state index contributed by atoms with van der Waals surface area (Å²) in [7, 11) is 2.97. The number of carbonyl (C=O) groups excluding carboxylic acids is 2. The number of hydrogen-bond acceptors (Lipinski definition) is 6.